The van der Waals surface area contributed by atoms with Gasteiger partial charge in [0.25, 0.3) is 5.91 Å². The number of furan rings is 1. The second-order valence-electron chi connectivity index (χ2n) is 5.06. The van der Waals surface area contributed by atoms with E-state index < -0.39 is 28.8 Å². The number of nitro groups is 1. The van der Waals surface area contributed by atoms with Gasteiger partial charge in [0.1, 0.15) is 16.4 Å². The minimum atomic E-state index is -1.04. The number of rotatable bonds is 7. The third-order valence-electron chi connectivity index (χ3n) is 3.20. The lowest BCUT2D eigenvalue weighted by Crippen LogP contribution is -2.29. The van der Waals surface area contributed by atoms with Crippen molar-refractivity contribution in [2.24, 2.45) is 0 Å². The highest BCUT2D eigenvalue weighted by molar-refractivity contribution is 5.96. The van der Waals surface area contributed by atoms with Crippen molar-refractivity contribution >= 4 is 29.5 Å². The maximum atomic E-state index is 12.0. The number of ether oxygens (including phenoxy) is 2. The molecule has 0 aliphatic heterocycles. The minimum Gasteiger partial charge on any atom is -0.497 e. The van der Waals surface area contributed by atoms with Gasteiger partial charge in [-0.2, -0.15) is 0 Å². The molecule has 1 heterocycles. The van der Waals surface area contributed by atoms with E-state index in [2.05, 4.69) is 5.32 Å². The van der Waals surface area contributed by atoms with Crippen LogP contribution in [0, 0.1) is 10.1 Å². The predicted octanol–water partition coefficient (Wildman–Crippen LogP) is 2.78. The number of nitrogens with one attached hydrogen (secondary N) is 1. The fraction of sp³-hybridized carbons (Fsp3) is 0.176. The lowest BCUT2D eigenvalue weighted by atomic mass is 10.3. The molecule has 0 radical (unpaired) electrons. The van der Waals surface area contributed by atoms with E-state index >= 15 is 0 Å². The number of amides is 1. The maximum Gasteiger partial charge on any atom is 0.433 e. The molecule has 26 heavy (non-hydrogen) atoms. The van der Waals surface area contributed by atoms with E-state index in [0.717, 1.165) is 12.1 Å². The highest BCUT2D eigenvalue weighted by Gasteiger charge is 2.17. The van der Waals surface area contributed by atoms with Gasteiger partial charge in [-0.15, -0.1) is 0 Å². The summed E-state index contributed by atoms with van der Waals surface area (Å²) in [5.41, 5.74) is 0.525. The van der Waals surface area contributed by atoms with Crippen molar-refractivity contribution in [3.8, 4) is 5.75 Å². The molecule has 0 unspecified atom stereocenters. The Morgan fingerprint density at radius 2 is 1.92 bits per heavy atom. The average Bonchev–Trinajstić information content (AvgIpc) is 3.10. The lowest BCUT2D eigenvalue weighted by molar-refractivity contribution is -0.402. The molecule has 1 amide bonds. The van der Waals surface area contributed by atoms with Crippen LogP contribution in [0.1, 0.15) is 12.7 Å². The number of nitrogens with zero attached hydrogens (tertiary/aromatic N) is 1. The zero-order valence-electron chi connectivity index (χ0n) is 14.0. The Morgan fingerprint density at radius 1 is 1.23 bits per heavy atom. The van der Waals surface area contributed by atoms with Gasteiger partial charge < -0.3 is 19.2 Å². The van der Waals surface area contributed by atoms with Gasteiger partial charge in [-0.25, -0.2) is 4.79 Å². The van der Waals surface area contributed by atoms with Crippen molar-refractivity contribution in [3.63, 3.8) is 0 Å². The summed E-state index contributed by atoms with van der Waals surface area (Å²) in [5, 5.41) is 13.1. The van der Waals surface area contributed by atoms with Crippen molar-refractivity contribution in [2.45, 2.75) is 13.0 Å². The van der Waals surface area contributed by atoms with Crippen LogP contribution in [0.3, 0.4) is 0 Å². The quantitative estimate of drug-likeness (QED) is 0.349. The zero-order valence-corrected chi connectivity index (χ0v) is 14.0. The summed E-state index contributed by atoms with van der Waals surface area (Å²) in [4.78, 5) is 33.6. The molecule has 0 aliphatic rings. The Balaban J connectivity index is 1.87. The first-order valence-corrected chi connectivity index (χ1v) is 7.47. The fourth-order valence-corrected chi connectivity index (χ4v) is 1.87. The van der Waals surface area contributed by atoms with Crippen LogP contribution in [-0.4, -0.2) is 30.0 Å². The van der Waals surface area contributed by atoms with Gasteiger partial charge in [0.2, 0.25) is 0 Å². The molecule has 136 valence electrons. The van der Waals surface area contributed by atoms with Crippen LogP contribution in [0.2, 0.25) is 0 Å². The molecule has 1 aromatic carbocycles. The van der Waals surface area contributed by atoms with Crippen LogP contribution in [-0.2, 0) is 14.3 Å². The SMILES string of the molecule is COc1ccc(NC(=O)[C@H](C)OC(=O)/C=C/c2ccc([N+](=O)[O-])o2)cc1. The third kappa shape index (κ3) is 5.20. The van der Waals surface area contributed by atoms with Crippen molar-refractivity contribution in [3.05, 3.63) is 58.3 Å². The van der Waals surface area contributed by atoms with E-state index in [0.29, 0.717) is 11.4 Å². The van der Waals surface area contributed by atoms with Crippen molar-refractivity contribution in [1.82, 2.24) is 0 Å². The monoisotopic (exact) mass is 360 g/mol. The molecular weight excluding hydrogens is 344 g/mol. The Bertz CT molecular complexity index is 824. The second kappa shape index (κ2) is 8.47. The van der Waals surface area contributed by atoms with Crippen molar-refractivity contribution in [1.29, 1.82) is 0 Å². The Hall–Kier alpha value is -3.62. The molecule has 0 fully saturated rings. The van der Waals surface area contributed by atoms with Crippen LogP contribution in [0.4, 0.5) is 11.6 Å². The number of esters is 1. The second-order valence-corrected chi connectivity index (χ2v) is 5.06. The number of hydrogen-bond donors (Lipinski definition) is 1. The van der Waals surface area contributed by atoms with Crippen molar-refractivity contribution < 1.29 is 28.4 Å². The number of benzene rings is 1. The van der Waals surface area contributed by atoms with E-state index in [9.17, 15) is 19.7 Å². The molecule has 1 aromatic heterocycles. The normalized spacial score (nSPS) is 11.8. The lowest BCUT2D eigenvalue weighted by Gasteiger charge is -2.12. The number of methoxy groups -OCH3 is 1. The van der Waals surface area contributed by atoms with Gasteiger partial charge >= 0.3 is 11.9 Å². The maximum absolute atomic E-state index is 12.0. The summed E-state index contributed by atoms with van der Waals surface area (Å²) in [6, 6.07) is 9.15. The highest BCUT2D eigenvalue weighted by atomic mass is 16.6. The molecule has 0 saturated carbocycles. The van der Waals surface area contributed by atoms with E-state index in [1.165, 1.54) is 26.2 Å². The van der Waals surface area contributed by atoms with Gasteiger partial charge in [0.15, 0.2) is 6.10 Å². The van der Waals surface area contributed by atoms with Gasteiger partial charge in [0, 0.05) is 11.8 Å². The topological polar surface area (TPSA) is 121 Å². The standard InChI is InChI=1S/C17H16N2O7/c1-11(17(21)18-12-3-5-13(24-2)6-4-12)25-16(20)10-8-14-7-9-15(26-14)19(22)23/h3-11H,1-2H3,(H,18,21)/b10-8+/t11-/m0/s1. The molecule has 2 aromatic rings. The van der Waals surface area contributed by atoms with Crippen LogP contribution < -0.4 is 10.1 Å². The van der Waals surface area contributed by atoms with E-state index in [-0.39, 0.29) is 5.76 Å². The zero-order chi connectivity index (χ0) is 19.1. The summed E-state index contributed by atoms with van der Waals surface area (Å²) in [6.07, 6.45) is 1.18. The summed E-state index contributed by atoms with van der Waals surface area (Å²) in [7, 11) is 1.53. The summed E-state index contributed by atoms with van der Waals surface area (Å²) < 4.78 is 14.8. The molecule has 0 spiro atoms. The minimum absolute atomic E-state index is 0.115. The molecule has 0 aliphatic carbocycles. The summed E-state index contributed by atoms with van der Waals surface area (Å²) in [5.74, 6) is -0.980. The highest BCUT2D eigenvalue weighted by Crippen LogP contribution is 2.17. The first-order chi connectivity index (χ1) is 12.4. The number of hydrogen-bond acceptors (Lipinski definition) is 7. The summed E-state index contributed by atoms with van der Waals surface area (Å²) in [6.45, 7) is 1.42. The molecule has 2 rings (SSSR count). The molecule has 1 atom stereocenters. The van der Waals surface area contributed by atoms with Crippen LogP contribution >= 0.6 is 0 Å². The largest absolute Gasteiger partial charge is 0.497 e. The molecule has 9 heteroatoms. The first-order valence-electron chi connectivity index (χ1n) is 7.47. The van der Waals surface area contributed by atoms with Gasteiger partial charge in [-0.3, -0.25) is 14.9 Å². The Morgan fingerprint density at radius 3 is 2.50 bits per heavy atom. The van der Waals surface area contributed by atoms with E-state index in [1.54, 1.807) is 24.3 Å². The number of carbonyl (C=O) groups is 2. The Labute approximate surface area is 148 Å². The first kappa shape index (κ1) is 18.7. The predicted molar refractivity (Wildman–Crippen MR) is 91.6 cm³/mol. The molecular formula is C17H16N2O7. The fourth-order valence-electron chi connectivity index (χ4n) is 1.87. The van der Waals surface area contributed by atoms with Crippen molar-refractivity contribution in [2.75, 3.05) is 12.4 Å². The van der Waals surface area contributed by atoms with Crippen LogP contribution in [0.25, 0.3) is 6.08 Å². The van der Waals surface area contributed by atoms with Gasteiger partial charge in [-0.1, -0.05) is 0 Å². The molecule has 9 nitrogen and oxygen atoms in total. The number of anilines is 1. The molecule has 0 saturated heterocycles. The van der Waals surface area contributed by atoms with Gasteiger partial charge in [0.05, 0.1) is 13.2 Å². The van der Waals surface area contributed by atoms with Crippen LogP contribution in [0.5, 0.6) is 5.75 Å². The summed E-state index contributed by atoms with van der Waals surface area (Å²) >= 11 is 0. The van der Waals surface area contributed by atoms with E-state index in [1.807, 2.05) is 0 Å². The average molecular weight is 360 g/mol. The smallest absolute Gasteiger partial charge is 0.433 e. The Kier molecular flexibility index (Phi) is 6.10. The molecule has 0 bridgehead atoms. The molecule has 1 N–H and O–H groups in total. The number of carbonyl (C=O) groups excluding carboxylic acids is 2. The van der Waals surface area contributed by atoms with E-state index in [4.69, 9.17) is 13.9 Å². The third-order valence-corrected chi connectivity index (χ3v) is 3.20. The van der Waals surface area contributed by atoms with Crippen LogP contribution in [0.15, 0.2) is 46.9 Å². The van der Waals surface area contributed by atoms with Gasteiger partial charge in [-0.05, 0) is 43.3 Å².